The SMILES string of the molecule is CC(=O)OCCC1CCC(NC(=O)c2ccnc3ccccc23)CC1. The van der Waals surface area contributed by atoms with Gasteiger partial charge in [0.05, 0.1) is 17.7 Å². The van der Waals surface area contributed by atoms with Crippen LogP contribution in [0.15, 0.2) is 36.5 Å². The average Bonchev–Trinajstić information content (AvgIpc) is 2.62. The molecule has 1 aromatic carbocycles. The number of para-hydroxylation sites is 1. The molecule has 0 atom stereocenters. The second-order valence-corrected chi connectivity index (χ2v) is 6.70. The molecule has 0 bridgehead atoms. The number of rotatable bonds is 5. The zero-order valence-electron chi connectivity index (χ0n) is 14.5. The van der Waals surface area contributed by atoms with E-state index in [0.717, 1.165) is 43.0 Å². The van der Waals surface area contributed by atoms with E-state index in [1.807, 2.05) is 24.3 Å². The predicted octanol–water partition coefficient (Wildman–Crippen LogP) is 3.48. The van der Waals surface area contributed by atoms with Gasteiger partial charge >= 0.3 is 5.97 Å². The van der Waals surface area contributed by atoms with Crippen molar-refractivity contribution in [1.82, 2.24) is 10.3 Å². The zero-order chi connectivity index (χ0) is 17.6. The zero-order valence-corrected chi connectivity index (χ0v) is 14.5. The fourth-order valence-electron chi connectivity index (χ4n) is 3.52. The Labute approximate surface area is 147 Å². The normalized spacial score (nSPS) is 20.2. The van der Waals surface area contributed by atoms with Crippen LogP contribution in [0.1, 0.15) is 49.4 Å². The number of carbonyl (C=O) groups excluding carboxylic acids is 2. The molecule has 0 saturated heterocycles. The molecule has 1 saturated carbocycles. The largest absolute Gasteiger partial charge is 0.466 e. The van der Waals surface area contributed by atoms with Crippen LogP contribution in [0.25, 0.3) is 10.9 Å². The maximum Gasteiger partial charge on any atom is 0.302 e. The number of carbonyl (C=O) groups is 2. The van der Waals surface area contributed by atoms with E-state index in [2.05, 4.69) is 10.3 Å². The first-order valence-electron chi connectivity index (χ1n) is 8.91. The number of fused-ring (bicyclic) bond motifs is 1. The topological polar surface area (TPSA) is 68.3 Å². The van der Waals surface area contributed by atoms with Crippen molar-refractivity contribution < 1.29 is 14.3 Å². The summed E-state index contributed by atoms with van der Waals surface area (Å²) in [6.07, 6.45) is 6.66. The average molecular weight is 340 g/mol. The predicted molar refractivity (Wildman–Crippen MR) is 96.2 cm³/mol. The maximum atomic E-state index is 12.7. The molecule has 2 aromatic rings. The van der Waals surface area contributed by atoms with Crippen molar-refractivity contribution in [2.75, 3.05) is 6.61 Å². The second kappa shape index (κ2) is 8.10. The minimum atomic E-state index is -0.217. The van der Waals surface area contributed by atoms with Gasteiger partial charge in [-0.2, -0.15) is 0 Å². The van der Waals surface area contributed by atoms with Gasteiger partial charge in [0, 0.05) is 24.5 Å². The summed E-state index contributed by atoms with van der Waals surface area (Å²) in [5.74, 6) is 0.335. The number of esters is 1. The highest BCUT2D eigenvalue weighted by Crippen LogP contribution is 2.27. The smallest absolute Gasteiger partial charge is 0.302 e. The Hall–Kier alpha value is -2.43. The van der Waals surface area contributed by atoms with Crippen LogP contribution >= 0.6 is 0 Å². The number of benzene rings is 1. The summed E-state index contributed by atoms with van der Waals surface area (Å²) in [5.41, 5.74) is 1.52. The molecule has 25 heavy (non-hydrogen) atoms. The van der Waals surface area contributed by atoms with Crippen molar-refractivity contribution >= 4 is 22.8 Å². The van der Waals surface area contributed by atoms with Crippen molar-refractivity contribution in [3.8, 4) is 0 Å². The van der Waals surface area contributed by atoms with Gasteiger partial charge in [-0.25, -0.2) is 0 Å². The van der Waals surface area contributed by atoms with Gasteiger partial charge in [-0.1, -0.05) is 18.2 Å². The molecule has 1 heterocycles. The Bertz CT molecular complexity index is 746. The Balaban J connectivity index is 1.53. The van der Waals surface area contributed by atoms with Crippen LogP contribution in [0.2, 0.25) is 0 Å². The second-order valence-electron chi connectivity index (χ2n) is 6.70. The van der Waals surface area contributed by atoms with Crippen molar-refractivity contribution in [2.24, 2.45) is 5.92 Å². The summed E-state index contributed by atoms with van der Waals surface area (Å²) in [7, 11) is 0. The molecule has 5 heteroatoms. The van der Waals surface area contributed by atoms with Crippen LogP contribution in [0, 0.1) is 5.92 Å². The first-order valence-corrected chi connectivity index (χ1v) is 8.91. The molecule has 1 N–H and O–H groups in total. The third-order valence-electron chi connectivity index (χ3n) is 4.91. The van der Waals surface area contributed by atoms with E-state index in [1.54, 1.807) is 12.3 Å². The lowest BCUT2D eigenvalue weighted by Gasteiger charge is -2.29. The highest BCUT2D eigenvalue weighted by atomic mass is 16.5. The molecule has 1 aromatic heterocycles. The van der Waals surface area contributed by atoms with Crippen LogP contribution in [0.4, 0.5) is 0 Å². The number of aromatic nitrogens is 1. The first kappa shape index (κ1) is 17.4. The fraction of sp³-hybridized carbons (Fsp3) is 0.450. The lowest BCUT2D eigenvalue weighted by atomic mass is 9.84. The van der Waals surface area contributed by atoms with Gasteiger partial charge in [-0.15, -0.1) is 0 Å². The highest BCUT2D eigenvalue weighted by Gasteiger charge is 2.23. The molecule has 0 radical (unpaired) electrons. The van der Waals surface area contributed by atoms with E-state index in [1.165, 1.54) is 6.92 Å². The Kier molecular flexibility index (Phi) is 5.64. The third kappa shape index (κ3) is 4.56. The number of hydrogen-bond donors (Lipinski definition) is 1. The lowest BCUT2D eigenvalue weighted by Crippen LogP contribution is -2.37. The van der Waals surface area contributed by atoms with E-state index in [9.17, 15) is 9.59 Å². The quantitative estimate of drug-likeness (QED) is 0.846. The van der Waals surface area contributed by atoms with E-state index in [0.29, 0.717) is 18.1 Å². The molecular weight excluding hydrogens is 316 g/mol. The Morgan fingerprint density at radius 3 is 2.68 bits per heavy atom. The van der Waals surface area contributed by atoms with Gasteiger partial charge in [0.15, 0.2) is 0 Å². The molecule has 1 fully saturated rings. The van der Waals surface area contributed by atoms with Crippen molar-refractivity contribution in [2.45, 2.75) is 45.1 Å². The van der Waals surface area contributed by atoms with Crippen LogP contribution in [0.3, 0.4) is 0 Å². The Morgan fingerprint density at radius 2 is 1.92 bits per heavy atom. The molecule has 132 valence electrons. The van der Waals surface area contributed by atoms with Gasteiger partial charge in [-0.05, 0) is 50.2 Å². The molecule has 1 aliphatic carbocycles. The van der Waals surface area contributed by atoms with Crippen molar-refractivity contribution in [1.29, 1.82) is 0 Å². The van der Waals surface area contributed by atoms with E-state index >= 15 is 0 Å². The van der Waals surface area contributed by atoms with Gasteiger partial charge in [0.1, 0.15) is 0 Å². The van der Waals surface area contributed by atoms with E-state index < -0.39 is 0 Å². The minimum Gasteiger partial charge on any atom is -0.466 e. The lowest BCUT2D eigenvalue weighted by molar-refractivity contribution is -0.141. The van der Waals surface area contributed by atoms with Gasteiger partial charge in [0.25, 0.3) is 5.91 Å². The summed E-state index contributed by atoms with van der Waals surface area (Å²) in [6, 6.07) is 9.69. The molecule has 1 amide bonds. The number of ether oxygens (including phenoxy) is 1. The number of nitrogens with zero attached hydrogens (tertiary/aromatic N) is 1. The highest BCUT2D eigenvalue weighted by molar-refractivity contribution is 6.06. The van der Waals surface area contributed by atoms with E-state index in [4.69, 9.17) is 4.74 Å². The fourth-order valence-corrected chi connectivity index (χ4v) is 3.52. The summed E-state index contributed by atoms with van der Waals surface area (Å²) in [6.45, 7) is 1.94. The van der Waals surface area contributed by atoms with Crippen LogP contribution < -0.4 is 5.32 Å². The molecule has 3 rings (SSSR count). The van der Waals surface area contributed by atoms with E-state index in [-0.39, 0.29) is 17.9 Å². The third-order valence-corrected chi connectivity index (χ3v) is 4.91. The monoisotopic (exact) mass is 340 g/mol. The summed E-state index contributed by atoms with van der Waals surface area (Å²) >= 11 is 0. The summed E-state index contributed by atoms with van der Waals surface area (Å²) < 4.78 is 5.02. The number of hydrogen-bond acceptors (Lipinski definition) is 4. The van der Waals surface area contributed by atoms with Crippen LogP contribution in [-0.4, -0.2) is 29.5 Å². The molecule has 5 nitrogen and oxygen atoms in total. The Morgan fingerprint density at radius 1 is 1.16 bits per heavy atom. The van der Waals surface area contributed by atoms with Crippen LogP contribution in [0.5, 0.6) is 0 Å². The van der Waals surface area contributed by atoms with Crippen molar-refractivity contribution in [3.63, 3.8) is 0 Å². The summed E-state index contributed by atoms with van der Waals surface area (Å²) in [5, 5.41) is 4.06. The number of nitrogens with one attached hydrogen (secondary N) is 1. The molecule has 0 aliphatic heterocycles. The number of amides is 1. The minimum absolute atomic E-state index is 0.0260. The van der Waals surface area contributed by atoms with Gasteiger partial charge in [-0.3, -0.25) is 14.6 Å². The first-order chi connectivity index (χ1) is 12.1. The molecular formula is C20H24N2O3. The summed E-state index contributed by atoms with van der Waals surface area (Å²) in [4.78, 5) is 27.8. The number of pyridine rings is 1. The molecule has 1 aliphatic rings. The van der Waals surface area contributed by atoms with Gasteiger partial charge < -0.3 is 10.1 Å². The molecule has 0 spiro atoms. The van der Waals surface area contributed by atoms with Crippen LogP contribution in [-0.2, 0) is 9.53 Å². The molecule has 0 unspecified atom stereocenters. The van der Waals surface area contributed by atoms with Crippen molar-refractivity contribution in [3.05, 3.63) is 42.1 Å². The maximum absolute atomic E-state index is 12.7. The van der Waals surface area contributed by atoms with Gasteiger partial charge in [0.2, 0.25) is 0 Å². The standard InChI is InChI=1S/C20H24N2O3/c1-14(23)25-13-11-15-6-8-16(9-7-15)22-20(24)18-10-12-21-19-5-3-2-4-17(18)19/h2-5,10,12,15-16H,6-9,11,13H2,1H3,(H,22,24).